The van der Waals surface area contributed by atoms with Gasteiger partial charge in [-0.15, -0.1) is 0 Å². The van der Waals surface area contributed by atoms with Gasteiger partial charge in [0.2, 0.25) is 11.8 Å². The van der Waals surface area contributed by atoms with Gasteiger partial charge in [-0.1, -0.05) is 26.0 Å². The maximum atomic E-state index is 13.2. The largest absolute Gasteiger partial charge is 0.495 e. The third kappa shape index (κ3) is 7.21. The van der Waals surface area contributed by atoms with Crippen molar-refractivity contribution in [3.8, 4) is 5.75 Å². The van der Waals surface area contributed by atoms with Gasteiger partial charge < -0.3 is 15.0 Å². The average Bonchev–Trinajstić information content (AvgIpc) is 3.07. The van der Waals surface area contributed by atoms with Gasteiger partial charge in [0.1, 0.15) is 5.75 Å². The molecular weight excluding hydrogens is 418 g/mol. The van der Waals surface area contributed by atoms with Gasteiger partial charge in [0.25, 0.3) is 0 Å². The monoisotopic (exact) mass is 453 g/mol. The van der Waals surface area contributed by atoms with E-state index < -0.39 is 9.84 Å². The van der Waals surface area contributed by atoms with Gasteiger partial charge in [0, 0.05) is 12.1 Å². The van der Waals surface area contributed by atoms with Gasteiger partial charge in [-0.25, -0.2) is 8.42 Å². The summed E-state index contributed by atoms with van der Waals surface area (Å²) in [7, 11) is -1.56. The fourth-order valence-corrected chi connectivity index (χ4v) is 5.66. The fourth-order valence-electron chi connectivity index (χ4n) is 3.94. The first-order valence-electron chi connectivity index (χ1n) is 10.9. The molecule has 0 radical (unpaired) electrons. The summed E-state index contributed by atoms with van der Waals surface area (Å²) in [4.78, 5) is 29.4. The molecule has 1 aromatic rings. The number of hydrogen-bond donors (Lipinski definition) is 1. The summed E-state index contributed by atoms with van der Waals surface area (Å²) in [5.74, 6) is 0.349. The van der Waals surface area contributed by atoms with E-state index in [1.807, 2.05) is 37.8 Å². The lowest BCUT2D eigenvalue weighted by molar-refractivity contribution is -0.137. The van der Waals surface area contributed by atoms with Crippen molar-refractivity contribution in [1.82, 2.24) is 9.80 Å². The van der Waals surface area contributed by atoms with Gasteiger partial charge in [0.05, 0.1) is 37.4 Å². The van der Waals surface area contributed by atoms with E-state index in [-0.39, 0.29) is 48.5 Å². The predicted octanol–water partition coefficient (Wildman–Crippen LogP) is 2.16. The lowest BCUT2D eigenvalue weighted by Gasteiger charge is -2.35. The van der Waals surface area contributed by atoms with E-state index >= 15 is 0 Å². The Morgan fingerprint density at radius 3 is 2.52 bits per heavy atom. The quantitative estimate of drug-likeness (QED) is 0.552. The summed E-state index contributed by atoms with van der Waals surface area (Å²) in [5, 5.41) is 2.84. The molecule has 9 heteroatoms. The SMILES string of the molecule is CCCN(CC(=O)Nc1ccccc1OC)CC(=O)N(C(C)CC)C1CCS(=O)(=O)C1. The third-order valence-electron chi connectivity index (χ3n) is 5.60. The third-order valence-corrected chi connectivity index (χ3v) is 7.35. The molecular formula is C22H35N3O5S. The molecule has 0 saturated carbocycles. The van der Waals surface area contributed by atoms with Gasteiger partial charge >= 0.3 is 0 Å². The molecule has 174 valence electrons. The van der Waals surface area contributed by atoms with Crippen LogP contribution in [0, 0.1) is 0 Å². The van der Waals surface area contributed by atoms with Crippen LogP contribution in [-0.2, 0) is 19.4 Å². The lowest BCUT2D eigenvalue weighted by atomic mass is 10.1. The van der Waals surface area contributed by atoms with Crippen LogP contribution in [0.25, 0.3) is 0 Å². The molecule has 0 spiro atoms. The lowest BCUT2D eigenvalue weighted by Crippen LogP contribution is -2.51. The zero-order valence-corrected chi connectivity index (χ0v) is 19.8. The van der Waals surface area contributed by atoms with Crippen LogP contribution in [0.1, 0.15) is 40.0 Å². The van der Waals surface area contributed by atoms with Crippen molar-refractivity contribution in [2.75, 3.05) is 43.6 Å². The maximum Gasteiger partial charge on any atom is 0.238 e. The van der Waals surface area contributed by atoms with Crippen molar-refractivity contribution < 1.29 is 22.7 Å². The van der Waals surface area contributed by atoms with E-state index in [2.05, 4.69) is 5.32 Å². The van der Waals surface area contributed by atoms with Crippen molar-refractivity contribution in [3.05, 3.63) is 24.3 Å². The van der Waals surface area contributed by atoms with Crippen molar-refractivity contribution in [2.24, 2.45) is 0 Å². The average molecular weight is 454 g/mol. The number of nitrogens with one attached hydrogen (secondary N) is 1. The smallest absolute Gasteiger partial charge is 0.238 e. The van der Waals surface area contributed by atoms with Gasteiger partial charge in [0.15, 0.2) is 9.84 Å². The zero-order valence-electron chi connectivity index (χ0n) is 19.0. The Bertz CT molecular complexity index is 858. The number of rotatable bonds is 11. The normalized spacial score (nSPS) is 18.5. The van der Waals surface area contributed by atoms with Crippen molar-refractivity contribution in [3.63, 3.8) is 0 Å². The molecule has 1 N–H and O–H groups in total. The van der Waals surface area contributed by atoms with E-state index in [4.69, 9.17) is 4.74 Å². The number of ether oxygens (including phenoxy) is 1. The molecule has 0 aromatic heterocycles. The first-order chi connectivity index (χ1) is 14.7. The Morgan fingerprint density at radius 2 is 1.94 bits per heavy atom. The van der Waals surface area contributed by atoms with Crippen molar-refractivity contribution in [1.29, 1.82) is 0 Å². The standard InChI is InChI=1S/C22H35N3O5S/c1-5-12-24(14-21(26)23-19-9-7-8-10-20(19)30-4)15-22(27)25(17(3)6-2)18-11-13-31(28,29)16-18/h7-10,17-18H,5-6,11-16H2,1-4H3,(H,23,26). The van der Waals surface area contributed by atoms with E-state index in [1.54, 1.807) is 24.1 Å². The van der Waals surface area contributed by atoms with E-state index in [0.717, 1.165) is 12.8 Å². The van der Waals surface area contributed by atoms with Crippen LogP contribution < -0.4 is 10.1 Å². The molecule has 1 heterocycles. The van der Waals surface area contributed by atoms with Crippen LogP contribution >= 0.6 is 0 Å². The van der Waals surface area contributed by atoms with Crippen LogP contribution in [0.4, 0.5) is 5.69 Å². The maximum absolute atomic E-state index is 13.2. The summed E-state index contributed by atoms with van der Waals surface area (Å²) < 4.78 is 29.2. The summed E-state index contributed by atoms with van der Waals surface area (Å²) in [6, 6.07) is 6.81. The van der Waals surface area contributed by atoms with E-state index in [9.17, 15) is 18.0 Å². The minimum Gasteiger partial charge on any atom is -0.495 e. The summed E-state index contributed by atoms with van der Waals surface area (Å²) in [5.41, 5.74) is 0.579. The zero-order chi connectivity index (χ0) is 23.0. The number of nitrogens with zero attached hydrogens (tertiary/aromatic N) is 2. The Kier molecular flexibility index (Phi) is 9.31. The molecule has 2 amide bonds. The second-order valence-electron chi connectivity index (χ2n) is 8.07. The Hall–Kier alpha value is -2.13. The number of methoxy groups -OCH3 is 1. The molecule has 2 atom stereocenters. The van der Waals surface area contributed by atoms with Crippen LogP contribution in [0.2, 0.25) is 0 Å². The fraction of sp³-hybridized carbons (Fsp3) is 0.636. The van der Waals surface area contributed by atoms with E-state index in [1.165, 1.54) is 0 Å². The van der Waals surface area contributed by atoms with Gasteiger partial charge in [-0.3, -0.25) is 14.5 Å². The van der Waals surface area contributed by atoms with Crippen LogP contribution in [-0.4, -0.2) is 80.4 Å². The highest BCUT2D eigenvalue weighted by atomic mass is 32.2. The summed E-state index contributed by atoms with van der Waals surface area (Å²) >= 11 is 0. The molecule has 1 aliphatic heterocycles. The first-order valence-corrected chi connectivity index (χ1v) is 12.7. The van der Waals surface area contributed by atoms with Crippen LogP contribution in [0.3, 0.4) is 0 Å². The Labute approximate surface area is 185 Å². The summed E-state index contributed by atoms with van der Waals surface area (Å²) in [6.07, 6.45) is 2.00. The van der Waals surface area contributed by atoms with E-state index in [0.29, 0.717) is 24.4 Å². The molecule has 1 aromatic carbocycles. The Morgan fingerprint density at radius 1 is 1.23 bits per heavy atom. The first kappa shape index (κ1) is 25.1. The molecule has 8 nitrogen and oxygen atoms in total. The number of amides is 2. The number of sulfone groups is 1. The highest BCUT2D eigenvalue weighted by Crippen LogP contribution is 2.23. The molecule has 2 rings (SSSR count). The number of anilines is 1. The second kappa shape index (κ2) is 11.5. The topological polar surface area (TPSA) is 96.0 Å². The molecule has 1 fully saturated rings. The van der Waals surface area contributed by atoms with Crippen LogP contribution in [0.5, 0.6) is 5.75 Å². The second-order valence-corrected chi connectivity index (χ2v) is 10.3. The van der Waals surface area contributed by atoms with Crippen molar-refractivity contribution >= 4 is 27.3 Å². The Balaban J connectivity index is 2.07. The highest BCUT2D eigenvalue weighted by molar-refractivity contribution is 7.91. The summed E-state index contributed by atoms with van der Waals surface area (Å²) in [6.45, 7) is 6.65. The molecule has 1 aliphatic rings. The highest BCUT2D eigenvalue weighted by Gasteiger charge is 2.36. The number of carbonyl (C=O) groups is 2. The van der Waals surface area contributed by atoms with Gasteiger partial charge in [-0.2, -0.15) is 0 Å². The molecule has 0 bridgehead atoms. The number of hydrogen-bond acceptors (Lipinski definition) is 6. The molecule has 2 unspecified atom stereocenters. The number of carbonyl (C=O) groups excluding carboxylic acids is 2. The molecule has 0 aliphatic carbocycles. The number of para-hydroxylation sites is 2. The van der Waals surface area contributed by atoms with Crippen molar-refractivity contribution in [2.45, 2.75) is 52.1 Å². The predicted molar refractivity (Wildman–Crippen MR) is 122 cm³/mol. The number of benzene rings is 1. The van der Waals surface area contributed by atoms with Crippen LogP contribution in [0.15, 0.2) is 24.3 Å². The minimum atomic E-state index is -3.10. The van der Waals surface area contributed by atoms with Gasteiger partial charge in [-0.05, 0) is 44.9 Å². The molecule has 31 heavy (non-hydrogen) atoms. The minimum absolute atomic E-state index is 0.0190. The molecule has 1 saturated heterocycles.